The number of rotatable bonds is 6. The molecule has 0 saturated carbocycles. The van der Waals surface area contributed by atoms with Crippen molar-refractivity contribution in [1.82, 2.24) is 4.98 Å². The Morgan fingerprint density at radius 1 is 1.29 bits per heavy atom. The second kappa shape index (κ2) is 6.45. The summed E-state index contributed by atoms with van der Waals surface area (Å²) in [6.45, 7) is 0.619. The fourth-order valence-electron chi connectivity index (χ4n) is 1.84. The normalized spacial score (nSPS) is 10.8. The van der Waals surface area contributed by atoms with Crippen molar-refractivity contribution in [2.45, 2.75) is 6.42 Å². The van der Waals surface area contributed by atoms with Gasteiger partial charge in [0.25, 0.3) is 0 Å². The maximum absolute atomic E-state index is 13.9. The van der Waals surface area contributed by atoms with E-state index in [9.17, 15) is 13.6 Å². The lowest BCUT2D eigenvalue weighted by molar-refractivity contribution is 0.0690. The number of fused-ring (bicyclic) bond motifs is 1. The molecule has 2 rings (SSSR count). The second-order valence-electron chi connectivity index (χ2n) is 4.26. The summed E-state index contributed by atoms with van der Waals surface area (Å²) < 4.78 is 37.8. The van der Waals surface area contributed by atoms with Crippen molar-refractivity contribution in [1.29, 1.82) is 0 Å². The SMILES string of the molecule is COCCCOc1cc(C(=O)O)nc2c(F)ccc(F)c12. The van der Waals surface area contributed by atoms with E-state index in [1.165, 1.54) is 7.11 Å². The van der Waals surface area contributed by atoms with Crippen molar-refractivity contribution >= 4 is 16.9 Å². The predicted molar refractivity (Wildman–Crippen MR) is 70.6 cm³/mol. The van der Waals surface area contributed by atoms with Gasteiger partial charge in [0.1, 0.15) is 22.9 Å². The van der Waals surface area contributed by atoms with Gasteiger partial charge in [0.05, 0.1) is 12.0 Å². The summed E-state index contributed by atoms with van der Waals surface area (Å²) in [5.41, 5.74) is -0.773. The van der Waals surface area contributed by atoms with Gasteiger partial charge in [0.15, 0.2) is 5.69 Å². The molecule has 0 fully saturated rings. The number of aromatic carboxylic acids is 1. The summed E-state index contributed by atoms with van der Waals surface area (Å²) in [4.78, 5) is 14.6. The van der Waals surface area contributed by atoms with Gasteiger partial charge in [0.2, 0.25) is 0 Å². The molecule has 1 aromatic carbocycles. The van der Waals surface area contributed by atoms with Gasteiger partial charge in [-0.05, 0) is 12.1 Å². The van der Waals surface area contributed by atoms with Crippen molar-refractivity contribution in [3.05, 3.63) is 35.5 Å². The first-order chi connectivity index (χ1) is 10.0. The summed E-state index contributed by atoms with van der Waals surface area (Å²) >= 11 is 0. The molecule has 0 spiro atoms. The topological polar surface area (TPSA) is 68.7 Å². The van der Waals surface area contributed by atoms with Gasteiger partial charge in [0, 0.05) is 26.2 Å². The molecule has 0 amide bonds. The highest BCUT2D eigenvalue weighted by atomic mass is 19.1. The molecule has 1 heterocycles. The van der Waals surface area contributed by atoms with E-state index in [1.54, 1.807) is 0 Å². The molecule has 0 atom stereocenters. The smallest absolute Gasteiger partial charge is 0.354 e. The molecule has 0 saturated heterocycles. The number of methoxy groups -OCH3 is 1. The van der Waals surface area contributed by atoms with Crippen LogP contribution in [0.2, 0.25) is 0 Å². The van der Waals surface area contributed by atoms with Crippen molar-refractivity contribution < 1.29 is 28.2 Å². The van der Waals surface area contributed by atoms with E-state index in [0.29, 0.717) is 13.0 Å². The van der Waals surface area contributed by atoms with Gasteiger partial charge in [-0.1, -0.05) is 0 Å². The van der Waals surface area contributed by atoms with Gasteiger partial charge in [-0.15, -0.1) is 0 Å². The Morgan fingerprint density at radius 3 is 2.67 bits per heavy atom. The summed E-state index contributed by atoms with van der Waals surface area (Å²) in [6.07, 6.45) is 0.527. The molecule has 0 unspecified atom stereocenters. The zero-order valence-corrected chi connectivity index (χ0v) is 11.2. The zero-order chi connectivity index (χ0) is 15.4. The van der Waals surface area contributed by atoms with Crippen molar-refractivity contribution in [3.63, 3.8) is 0 Å². The van der Waals surface area contributed by atoms with Crippen LogP contribution in [0, 0.1) is 11.6 Å². The van der Waals surface area contributed by atoms with Gasteiger partial charge in [-0.2, -0.15) is 0 Å². The Kier molecular flexibility index (Phi) is 4.64. The quantitative estimate of drug-likeness (QED) is 0.830. The first kappa shape index (κ1) is 15.1. The molecule has 0 radical (unpaired) electrons. The molecule has 7 heteroatoms. The molecule has 0 bridgehead atoms. The first-order valence-electron chi connectivity index (χ1n) is 6.18. The minimum absolute atomic E-state index is 0.0505. The Morgan fingerprint density at radius 2 is 2.00 bits per heavy atom. The van der Waals surface area contributed by atoms with Crippen molar-refractivity contribution in [2.24, 2.45) is 0 Å². The highest BCUT2D eigenvalue weighted by Gasteiger charge is 2.17. The number of pyridine rings is 1. The molecule has 112 valence electrons. The zero-order valence-electron chi connectivity index (χ0n) is 11.2. The van der Waals surface area contributed by atoms with Crippen LogP contribution in [0.3, 0.4) is 0 Å². The van der Waals surface area contributed by atoms with Crippen LogP contribution in [0.15, 0.2) is 18.2 Å². The summed E-state index contributed by atoms with van der Waals surface area (Å²) in [7, 11) is 1.53. The maximum atomic E-state index is 13.9. The van der Waals surface area contributed by atoms with E-state index in [0.717, 1.165) is 18.2 Å². The van der Waals surface area contributed by atoms with E-state index in [2.05, 4.69) is 4.98 Å². The summed E-state index contributed by atoms with van der Waals surface area (Å²) in [5, 5.41) is 8.82. The van der Waals surface area contributed by atoms with Crippen LogP contribution < -0.4 is 4.74 Å². The second-order valence-corrected chi connectivity index (χ2v) is 4.26. The van der Waals surface area contributed by atoms with Crippen molar-refractivity contribution in [3.8, 4) is 5.75 Å². The fraction of sp³-hybridized carbons (Fsp3) is 0.286. The molecule has 5 nitrogen and oxygen atoms in total. The molecular formula is C14H13F2NO4. The van der Waals surface area contributed by atoms with E-state index in [-0.39, 0.29) is 23.3 Å². The molecule has 0 aliphatic rings. The first-order valence-corrected chi connectivity index (χ1v) is 6.18. The third-order valence-electron chi connectivity index (χ3n) is 2.79. The number of carboxylic acids is 1. The van der Waals surface area contributed by atoms with Crippen LogP contribution in [0.25, 0.3) is 10.9 Å². The lowest BCUT2D eigenvalue weighted by Crippen LogP contribution is -2.07. The van der Waals surface area contributed by atoms with Gasteiger partial charge < -0.3 is 14.6 Å². The highest BCUT2D eigenvalue weighted by molar-refractivity contribution is 5.93. The fourth-order valence-corrected chi connectivity index (χ4v) is 1.84. The van der Waals surface area contributed by atoms with Crippen LogP contribution in [-0.2, 0) is 4.74 Å². The van der Waals surface area contributed by atoms with Crippen LogP contribution in [0.1, 0.15) is 16.9 Å². The van der Waals surface area contributed by atoms with Gasteiger partial charge >= 0.3 is 5.97 Å². The predicted octanol–water partition coefficient (Wildman–Crippen LogP) is 2.63. The summed E-state index contributed by atoms with van der Waals surface area (Å²) in [6, 6.07) is 2.92. The minimum atomic E-state index is -1.35. The Bertz CT molecular complexity index is 676. The number of hydrogen-bond donors (Lipinski definition) is 1. The monoisotopic (exact) mass is 297 g/mol. The van der Waals surface area contributed by atoms with E-state index in [4.69, 9.17) is 14.6 Å². The standard InChI is InChI=1S/C14H13F2NO4/c1-20-5-2-6-21-11-7-10(14(18)19)17-13-9(16)4-3-8(15)12(11)13/h3-4,7H,2,5-6H2,1H3,(H,18,19). The largest absolute Gasteiger partial charge is 0.493 e. The Balaban J connectivity index is 2.49. The lowest BCUT2D eigenvalue weighted by Gasteiger charge is -2.11. The number of hydrogen-bond acceptors (Lipinski definition) is 4. The average Bonchev–Trinajstić information content (AvgIpc) is 2.47. The number of halogens is 2. The van der Waals surface area contributed by atoms with Crippen LogP contribution in [-0.4, -0.2) is 36.4 Å². The number of nitrogens with zero attached hydrogens (tertiary/aromatic N) is 1. The van der Waals surface area contributed by atoms with Gasteiger partial charge in [-0.3, -0.25) is 0 Å². The number of ether oxygens (including phenoxy) is 2. The highest BCUT2D eigenvalue weighted by Crippen LogP contribution is 2.30. The van der Waals surface area contributed by atoms with Crippen LogP contribution in [0.4, 0.5) is 8.78 Å². The number of aromatic nitrogens is 1. The maximum Gasteiger partial charge on any atom is 0.354 e. The van der Waals surface area contributed by atoms with E-state index < -0.39 is 23.3 Å². The number of carboxylic acid groups (broad SMARTS) is 1. The third-order valence-corrected chi connectivity index (χ3v) is 2.79. The van der Waals surface area contributed by atoms with E-state index >= 15 is 0 Å². The molecule has 0 aliphatic carbocycles. The Labute approximate surface area is 119 Å². The molecule has 0 aliphatic heterocycles. The minimum Gasteiger partial charge on any atom is -0.493 e. The van der Waals surface area contributed by atoms with Crippen LogP contribution >= 0.6 is 0 Å². The molecule has 21 heavy (non-hydrogen) atoms. The van der Waals surface area contributed by atoms with Gasteiger partial charge in [-0.25, -0.2) is 18.6 Å². The molecule has 2 aromatic rings. The van der Waals surface area contributed by atoms with Crippen LogP contribution in [0.5, 0.6) is 5.75 Å². The third kappa shape index (κ3) is 3.25. The number of benzene rings is 1. The molecule has 1 N–H and O–H groups in total. The summed E-state index contributed by atoms with van der Waals surface area (Å²) in [5.74, 6) is -2.93. The number of carbonyl (C=O) groups is 1. The van der Waals surface area contributed by atoms with Crippen molar-refractivity contribution in [2.75, 3.05) is 20.3 Å². The average molecular weight is 297 g/mol. The molecule has 1 aromatic heterocycles. The van der Waals surface area contributed by atoms with E-state index in [1.807, 2.05) is 0 Å². The lowest BCUT2D eigenvalue weighted by atomic mass is 10.1. The Hall–Kier alpha value is -2.28. The molecular weight excluding hydrogens is 284 g/mol.